The van der Waals surface area contributed by atoms with E-state index in [4.69, 9.17) is 5.73 Å². The molecule has 116 valence electrons. The molecule has 0 aliphatic carbocycles. The first-order chi connectivity index (χ1) is 8.68. The van der Waals surface area contributed by atoms with E-state index in [0.717, 1.165) is 0 Å². The zero-order valence-corrected chi connectivity index (χ0v) is 11.6. The molecule has 0 heterocycles. The third-order valence-corrected chi connectivity index (χ3v) is 2.70. The van der Waals surface area contributed by atoms with Crippen molar-refractivity contribution in [2.75, 3.05) is 0 Å². The molecule has 2 atom stereocenters. The first kappa shape index (κ1) is 19.1. The highest BCUT2D eigenvalue weighted by Gasteiger charge is 2.31. The maximum Gasteiger partial charge on any atom is 0.200 e. The monoisotopic (exact) mass is 319 g/mol. The quantitative estimate of drug-likeness (QED) is 0.508. The van der Waals surface area contributed by atoms with Gasteiger partial charge in [-0.05, 0) is 12.3 Å². The number of rotatable bonds is 4. The van der Waals surface area contributed by atoms with Gasteiger partial charge in [0.1, 0.15) is 0 Å². The van der Waals surface area contributed by atoms with Crippen LogP contribution in [0.1, 0.15) is 31.9 Å². The Hall–Kier alpha value is -0.920. The van der Waals surface area contributed by atoms with Crippen molar-refractivity contribution in [3.8, 4) is 0 Å². The summed E-state index contributed by atoms with van der Waals surface area (Å²) in [6, 6.07) is -1.69. The Labute approximate surface area is 119 Å². The molecule has 0 unspecified atom stereocenters. The smallest absolute Gasteiger partial charge is 0.200 e. The van der Waals surface area contributed by atoms with Crippen LogP contribution in [0.15, 0.2) is 0 Å². The molecule has 3 N–H and O–H groups in total. The Bertz CT molecular complexity index is 454. The van der Waals surface area contributed by atoms with Crippen LogP contribution in [0.4, 0.5) is 22.0 Å². The van der Waals surface area contributed by atoms with E-state index >= 15 is 0 Å². The Morgan fingerprint density at radius 3 is 1.60 bits per heavy atom. The van der Waals surface area contributed by atoms with Crippen LogP contribution >= 0.6 is 12.4 Å². The van der Waals surface area contributed by atoms with E-state index in [9.17, 15) is 27.1 Å². The number of hydrogen-bond donors (Lipinski definition) is 2. The second kappa shape index (κ2) is 7.19. The van der Waals surface area contributed by atoms with Crippen molar-refractivity contribution >= 4 is 12.4 Å². The van der Waals surface area contributed by atoms with Gasteiger partial charge in [-0.1, -0.05) is 13.8 Å². The molecular formula is C12H15ClF5NO. The minimum absolute atomic E-state index is 0. The standard InChI is InChI=1S/C12H14F5NO.ClH/c1-4(2)3-5(19)12(18)6-7(13)9(15)11(17)10(16)8(6)14;/h4-5,12,19H,3,18H2,1-2H3;1H/t5-,12-;/m1./s1. The summed E-state index contributed by atoms with van der Waals surface area (Å²) in [7, 11) is 0. The fraction of sp³-hybridized carbons (Fsp3) is 0.500. The molecule has 0 saturated carbocycles. The second-order valence-corrected chi connectivity index (χ2v) is 4.71. The lowest BCUT2D eigenvalue weighted by molar-refractivity contribution is 0.117. The van der Waals surface area contributed by atoms with Crippen LogP contribution in [0.5, 0.6) is 0 Å². The van der Waals surface area contributed by atoms with Gasteiger partial charge in [0.05, 0.1) is 12.1 Å². The van der Waals surface area contributed by atoms with Crippen LogP contribution in [0, 0.1) is 35.0 Å². The molecule has 1 aromatic carbocycles. The molecule has 0 radical (unpaired) electrons. The van der Waals surface area contributed by atoms with Crippen molar-refractivity contribution in [3.05, 3.63) is 34.6 Å². The molecule has 8 heteroatoms. The van der Waals surface area contributed by atoms with Gasteiger partial charge >= 0.3 is 0 Å². The van der Waals surface area contributed by atoms with Crippen LogP contribution < -0.4 is 5.73 Å². The molecule has 0 spiro atoms. The number of halogens is 6. The molecule has 0 aromatic heterocycles. The first-order valence-electron chi connectivity index (χ1n) is 5.63. The first-order valence-corrected chi connectivity index (χ1v) is 5.63. The summed E-state index contributed by atoms with van der Waals surface area (Å²) in [4.78, 5) is 0. The Balaban J connectivity index is 0.00000361. The number of nitrogens with two attached hydrogens (primary N) is 1. The van der Waals surface area contributed by atoms with Gasteiger partial charge < -0.3 is 10.8 Å². The minimum Gasteiger partial charge on any atom is -0.391 e. The Morgan fingerprint density at radius 2 is 1.25 bits per heavy atom. The lowest BCUT2D eigenvalue weighted by Crippen LogP contribution is -2.30. The largest absolute Gasteiger partial charge is 0.391 e. The molecule has 0 amide bonds. The summed E-state index contributed by atoms with van der Waals surface area (Å²) < 4.78 is 65.7. The topological polar surface area (TPSA) is 46.2 Å². The van der Waals surface area contributed by atoms with Crippen LogP contribution in [-0.2, 0) is 0 Å². The number of hydrogen-bond acceptors (Lipinski definition) is 2. The zero-order chi connectivity index (χ0) is 14.9. The van der Waals surface area contributed by atoms with Gasteiger partial charge in [0.25, 0.3) is 0 Å². The summed E-state index contributed by atoms with van der Waals surface area (Å²) in [5.41, 5.74) is 4.20. The maximum atomic E-state index is 13.4. The summed E-state index contributed by atoms with van der Waals surface area (Å²) >= 11 is 0. The van der Waals surface area contributed by atoms with Crippen LogP contribution in [-0.4, -0.2) is 11.2 Å². The molecule has 0 bridgehead atoms. The van der Waals surface area contributed by atoms with Gasteiger partial charge in [-0.15, -0.1) is 12.4 Å². The van der Waals surface area contributed by atoms with Crippen molar-refractivity contribution in [3.63, 3.8) is 0 Å². The third-order valence-electron chi connectivity index (χ3n) is 2.70. The van der Waals surface area contributed by atoms with Crippen molar-refractivity contribution < 1.29 is 27.1 Å². The lowest BCUT2D eigenvalue weighted by atomic mass is 9.94. The molecule has 2 nitrogen and oxygen atoms in total. The van der Waals surface area contributed by atoms with E-state index < -0.39 is 46.8 Å². The summed E-state index contributed by atoms with van der Waals surface area (Å²) in [5, 5.41) is 9.64. The zero-order valence-electron chi connectivity index (χ0n) is 10.8. The minimum atomic E-state index is -2.25. The van der Waals surface area contributed by atoms with E-state index in [1.54, 1.807) is 13.8 Å². The molecule has 1 rings (SSSR count). The van der Waals surface area contributed by atoms with Gasteiger partial charge in [0, 0.05) is 5.56 Å². The molecule has 0 aliphatic heterocycles. The van der Waals surface area contributed by atoms with Crippen LogP contribution in [0.3, 0.4) is 0 Å². The summed E-state index contributed by atoms with van der Waals surface area (Å²) in [5.74, 6) is -10.5. The average molecular weight is 320 g/mol. The SMILES string of the molecule is CC(C)C[C@@H](O)[C@@H](N)c1c(F)c(F)c(F)c(F)c1F.Cl. The predicted octanol–water partition coefficient (Wildman–Crippen LogP) is 3.21. The number of benzene rings is 1. The Morgan fingerprint density at radius 1 is 0.900 bits per heavy atom. The molecule has 0 aliphatic rings. The molecule has 1 aromatic rings. The highest BCUT2D eigenvalue weighted by atomic mass is 35.5. The molecule has 20 heavy (non-hydrogen) atoms. The highest BCUT2D eigenvalue weighted by Crippen LogP contribution is 2.29. The number of aliphatic hydroxyl groups is 1. The molecular weight excluding hydrogens is 305 g/mol. The van der Waals surface area contributed by atoms with Crippen molar-refractivity contribution in [2.24, 2.45) is 11.7 Å². The second-order valence-electron chi connectivity index (χ2n) is 4.71. The summed E-state index contributed by atoms with van der Waals surface area (Å²) in [6.07, 6.45) is -1.34. The van der Waals surface area contributed by atoms with Crippen LogP contribution in [0.2, 0.25) is 0 Å². The van der Waals surface area contributed by atoms with E-state index in [-0.39, 0.29) is 24.7 Å². The fourth-order valence-corrected chi connectivity index (χ4v) is 1.74. The summed E-state index contributed by atoms with van der Waals surface area (Å²) in [6.45, 7) is 3.43. The lowest BCUT2D eigenvalue weighted by Gasteiger charge is -2.22. The van der Waals surface area contributed by atoms with Crippen LogP contribution in [0.25, 0.3) is 0 Å². The van der Waals surface area contributed by atoms with Gasteiger partial charge in [-0.3, -0.25) is 0 Å². The van der Waals surface area contributed by atoms with Crippen molar-refractivity contribution in [1.29, 1.82) is 0 Å². The fourth-order valence-electron chi connectivity index (χ4n) is 1.74. The van der Waals surface area contributed by atoms with E-state index in [1.165, 1.54) is 0 Å². The Kier molecular flexibility index (Phi) is 6.86. The van der Waals surface area contributed by atoms with Gasteiger partial charge in [0.15, 0.2) is 23.3 Å². The van der Waals surface area contributed by atoms with E-state index in [0.29, 0.717) is 0 Å². The highest BCUT2D eigenvalue weighted by molar-refractivity contribution is 5.85. The maximum absolute atomic E-state index is 13.4. The van der Waals surface area contributed by atoms with Gasteiger partial charge in [-0.2, -0.15) is 0 Å². The molecule has 0 saturated heterocycles. The number of aliphatic hydroxyl groups excluding tert-OH is 1. The average Bonchev–Trinajstić information content (AvgIpc) is 2.33. The van der Waals surface area contributed by atoms with E-state index in [1.807, 2.05) is 0 Å². The van der Waals surface area contributed by atoms with E-state index in [2.05, 4.69) is 0 Å². The van der Waals surface area contributed by atoms with Crippen molar-refractivity contribution in [2.45, 2.75) is 32.4 Å². The predicted molar refractivity (Wildman–Crippen MR) is 65.9 cm³/mol. The normalized spacial score (nSPS) is 14.1. The van der Waals surface area contributed by atoms with Gasteiger partial charge in [-0.25, -0.2) is 22.0 Å². The third kappa shape index (κ3) is 3.59. The molecule has 0 fully saturated rings. The van der Waals surface area contributed by atoms with Gasteiger partial charge in [0.2, 0.25) is 5.82 Å². The van der Waals surface area contributed by atoms with Crippen molar-refractivity contribution in [1.82, 2.24) is 0 Å².